The Balaban J connectivity index is 5.24. The number of aliphatic hydroxyl groups is 1. The Kier molecular flexibility index (Phi) is 60.2. The van der Waals surface area contributed by atoms with Gasteiger partial charge in [-0.25, -0.2) is 9.13 Å². The van der Waals surface area contributed by atoms with Crippen molar-refractivity contribution >= 4 is 39.5 Å². The third-order valence-corrected chi connectivity index (χ3v) is 17.7. The van der Waals surface area contributed by atoms with Gasteiger partial charge in [0.25, 0.3) is 0 Å². The Morgan fingerprint density at radius 3 is 0.782 bits per heavy atom. The molecule has 0 aromatic carbocycles. The van der Waals surface area contributed by atoms with E-state index in [0.717, 1.165) is 95.8 Å². The van der Waals surface area contributed by atoms with Crippen LogP contribution in [0, 0.1) is 5.92 Å². The fourth-order valence-electron chi connectivity index (χ4n) is 10.3. The number of hydrogen-bond acceptors (Lipinski definition) is 15. The fourth-order valence-corrected chi connectivity index (χ4v) is 11.9. The van der Waals surface area contributed by atoms with Gasteiger partial charge in [0.15, 0.2) is 12.2 Å². The van der Waals surface area contributed by atoms with E-state index >= 15 is 0 Å². The second-order valence-corrected chi connectivity index (χ2v) is 27.9. The summed E-state index contributed by atoms with van der Waals surface area (Å²) in [5.74, 6) is -1.37. The van der Waals surface area contributed by atoms with Crippen molar-refractivity contribution in [1.82, 2.24) is 0 Å². The van der Waals surface area contributed by atoms with Crippen molar-refractivity contribution in [2.75, 3.05) is 39.6 Å². The number of aliphatic hydroxyl groups excluding tert-OH is 1. The standard InChI is InChI=1S/C68H132O17P2/c1-6-9-12-15-18-21-23-25-27-32-37-42-47-52-66(71)79-58-64(85-68(73)54-49-44-39-34-29-28-31-35-40-45-50-61(4)5)60-83-87(76,77)81-56-62(69)55-80-86(74,75)82-59-63(57-78-65(70)51-46-41-36-30-20-17-14-11-8-3)84-67(72)53-48-43-38-33-26-24-22-19-16-13-10-7-2/h61-64,69H,6-60H2,1-5H3,(H,74,75)(H,76,77)/t62-,63+,64+/m0/s1. The number of hydrogen-bond donors (Lipinski definition) is 3. The summed E-state index contributed by atoms with van der Waals surface area (Å²) >= 11 is 0. The highest BCUT2D eigenvalue weighted by molar-refractivity contribution is 7.47. The Morgan fingerprint density at radius 2 is 0.529 bits per heavy atom. The first kappa shape index (κ1) is 85.1. The molecule has 0 heterocycles. The zero-order valence-electron chi connectivity index (χ0n) is 56.2. The summed E-state index contributed by atoms with van der Waals surface area (Å²) in [4.78, 5) is 72.4. The number of phosphoric ester groups is 2. The fraction of sp³-hybridized carbons (Fsp3) is 0.941. The average molecular weight is 1280 g/mol. The van der Waals surface area contributed by atoms with Crippen molar-refractivity contribution in [3.63, 3.8) is 0 Å². The molecule has 0 aromatic rings. The number of rotatable bonds is 68. The minimum Gasteiger partial charge on any atom is -0.462 e. The highest BCUT2D eigenvalue weighted by Gasteiger charge is 2.30. The first-order valence-corrected chi connectivity index (χ1v) is 38.6. The molecule has 0 radical (unpaired) electrons. The second-order valence-electron chi connectivity index (χ2n) is 25.0. The molecule has 0 fully saturated rings. The van der Waals surface area contributed by atoms with E-state index in [1.807, 2.05) is 0 Å². The van der Waals surface area contributed by atoms with Crippen LogP contribution in [-0.4, -0.2) is 96.7 Å². The van der Waals surface area contributed by atoms with Crippen LogP contribution in [0.1, 0.15) is 349 Å². The maximum absolute atomic E-state index is 13.0. The Labute approximate surface area is 530 Å². The number of carbonyl (C=O) groups is 4. The van der Waals surface area contributed by atoms with Crippen molar-refractivity contribution < 1.29 is 80.2 Å². The molecule has 17 nitrogen and oxygen atoms in total. The van der Waals surface area contributed by atoms with Gasteiger partial charge in [-0.05, 0) is 31.6 Å². The number of phosphoric acid groups is 2. The van der Waals surface area contributed by atoms with Gasteiger partial charge in [-0.3, -0.25) is 37.3 Å². The monoisotopic (exact) mass is 1280 g/mol. The molecular formula is C68H132O17P2. The van der Waals surface area contributed by atoms with Gasteiger partial charge in [0.1, 0.15) is 19.3 Å². The van der Waals surface area contributed by atoms with Crippen LogP contribution in [0.2, 0.25) is 0 Å². The van der Waals surface area contributed by atoms with Crippen molar-refractivity contribution in [2.24, 2.45) is 5.92 Å². The van der Waals surface area contributed by atoms with Crippen LogP contribution >= 0.6 is 15.6 Å². The first-order valence-electron chi connectivity index (χ1n) is 35.6. The molecule has 0 spiro atoms. The third-order valence-electron chi connectivity index (χ3n) is 15.8. The van der Waals surface area contributed by atoms with Crippen LogP contribution in [0.4, 0.5) is 0 Å². The van der Waals surface area contributed by atoms with Gasteiger partial charge in [-0.2, -0.15) is 0 Å². The predicted octanol–water partition coefficient (Wildman–Crippen LogP) is 19.4. The van der Waals surface area contributed by atoms with Crippen LogP contribution in [0.5, 0.6) is 0 Å². The minimum absolute atomic E-state index is 0.107. The average Bonchev–Trinajstić information content (AvgIpc) is 3.70. The molecule has 0 rings (SSSR count). The zero-order valence-corrected chi connectivity index (χ0v) is 57.9. The predicted molar refractivity (Wildman–Crippen MR) is 349 cm³/mol. The SMILES string of the molecule is CCCCCCCCCCCCCCCC(=O)OC[C@H](COP(=O)(O)OC[C@@H](O)COP(=O)(O)OC[C@@H](COC(=O)CCCCCCCCCCC)OC(=O)CCCCCCCCCCCCCC)OC(=O)CCCCCCCCCCCCC(C)C. The first-order chi connectivity index (χ1) is 42.0. The summed E-state index contributed by atoms with van der Waals surface area (Å²) in [6.07, 6.45) is 47.0. The molecule has 2 unspecified atom stereocenters. The molecule has 87 heavy (non-hydrogen) atoms. The molecule has 0 amide bonds. The van der Waals surface area contributed by atoms with E-state index in [0.29, 0.717) is 25.7 Å². The van der Waals surface area contributed by atoms with E-state index < -0.39 is 97.5 Å². The van der Waals surface area contributed by atoms with Gasteiger partial charge in [-0.1, -0.05) is 298 Å². The molecule has 0 aliphatic rings. The highest BCUT2D eigenvalue weighted by atomic mass is 31.2. The number of ether oxygens (including phenoxy) is 4. The molecule has 5 atom stereocenters. The molecular weight excluding hydrogens is 1150 g/mol. The zero-order chi connectivity index (χ0) is 64.2. The summed E-state index contributed by atoms with van der Waals surface area (Å²) in [5, 5.41) is 10.6. The minimum atomic E-state index is -4.95. The molecule has 516 valence electrons. The highest BCUT2D eigenvalue weighted by Crippen LogP contribution is 2.45. The summed E-state index contributed by atoms with van der Waals surface area (Å²) in [6.45, 7) is 7.21. The van der Waals surface area contributed by atoms with Crippen LogP contribution < -0.4 is 0 Å². The van der Waals surface area contributed by atoms with E-state index in [-0.39, 0.29) is 25.7 Å². The number of unbranched alkanes of at least 4 members (excludes halogenated alkanes) is 40. The van der Waals surface area contributed by atoms with Gasteiger partial charge in [0.2, 0.25) is 0 Å². The van der Waals surface area contributed by atoms with Crippen molar-refractivity contribution in [3.8, 4) is 0 Å². The number of carbonyl (C=O) groups excluding carboxylic acids is 4. The van der Waals surface area contributed by atoms with Crippen LogP contribution in [0.15, 0.2) is 0 Å². The maximum Gasteiger partial charge on any atom is 0.472 e. The number of esters is 4. The van der Waals surface area contributed by atoms with Crippen molar-refractivity contribution in [2.45, 2.75) is 368 Å². The van der Waals surface area contributed by atoms with Crippen molar-refractivity contribution in [3.05, 3.63) is 0 Å². The smallest absolute Gasteiger partial charge is 0.462 e. The van der Waals surface area contributed by atoms with Gasteiger partial charge in [0, 0.05) is 25.7 Å². The summed E-state index contributed by atoms with van der Waals surface area (Å²) in [7, 11) is -9.89. The van der Waals surface area contributed by atoms with Gasteiger partial charge in [0.05, 0.1) is 26.4 Å². The van der Waals surface area contributed by atoms with Crippen LogP contribution in [0.25, 0.3) is 0 Å². The van der Waals surface area contributed by atoms with Gasteiger partial charge in [-0.15, -0.1) is 0 Å². The van der Waals surface area contributed by atoms with E-state index in [9.17, 15) is 43.2 Å². The molecule has 0 saturated carbocycles. The summed E-state index contributed by atoms with van der Waals surface area (Å²) in [5.41, 5.74) is 0. The summed E-state index contributed by atoms with van der Waals surface area (Å²) in [6, 6.07) is 0. The van der Waals surface area contributed by atoms with E-state index in [4.69, 9.17) is 37.0 Å². The van der Waals surface area contributed by atoms with Crippen LogP contribution in [-0.2, 0) is 65.4 Å². The Morgan fingerprint density at radius 1 is 0.310 bits per heavy atom. The van der Waals surface area contributed by atoms with Gasteiger partial charge < -0.3 is 33.8 Å². The van der Waals surface area contributed by atoms with Crippen LogP contribution in [0.3, 0.4) is 0 Å². The Hall–Kier alpha value is -1.94. The third kappa shape index (κ3) is 62.6. The second kappa shape index (κ2) is 61.6. The molecule has 3 N–H and O–H groups in total. The summed E-state index contributed by atoms with van der Waals surface area (Å²) < 4.78 is 68.2. The lowest BCUT2D eigenvalue weighted by Gasteiger charge is -2.21. The molecule has 19 heteroatoms. The van der Waals surface area contributed by atoms with E-state index in [1.54, 1.807) is 0 Å². The quantitative estimate of drug-likeness (QED) is 0.0222. The molecule has 0 bridgehead atoms. The largest absolute Gasteiger partial charge is 0.472 e. The lowest BCUT2D eigenvalue weighted by molar-refractivity contribution is -0.161. The molecule has 0 aromatic heterocycles. The van der Waals surface area contributed by atoms with Crippen molar-refractivity contribution in [1.29, 1.82) is 0 Å². The maximum atomic E-state index is 13.0. The lowest BCUT2D eigenvalue weighted by atomic mass is 10.0. The normalized spacial score (nSPS) is 14.1. The topological polar surface area (TPSA) is 237 Å². The van der Waals surface area contributed by atoms with E-state index in [2.05, 4.69) is 34.6 Å². The molecule has 0 saturated heterocycles. The van der Waals surface area contributed by atoms with E-state index in [1.165, 1.54) is 173 Å². The Bertz CT molecular complexity index is 1690. The molecule has 0 aliphatic heterocycles. The van der Waals surface area contributed by atoms with Gasteiger partial charge >= 0.3 is 39.5 Å². The molecule has 0 aliphatic carbocycles. The lowest BCUT2D eigenvalue weighted by Crippen LogP contribution is -2.30.